The van der Waals surface area contributed by atoms with Crippen molar-refractivity contribution in [3.05, 3.63) is 60.6 Å². The van der Waals surface area contributed by atoms with Gasteiger partial charge < -0.3 is 9.32 Å². The summed E-state index contributed by atoms with van der Waals surface area (Å²) in [6, 6.07) is 12.0. The van der Waals surface area contributed by atoms with Crippen molar-refractivity contribution in [2.24, 2.45) is 0 Å². The molecular weight excluding hydrogens is 326 g/mol. The van der Waals surface area contributed by atoms with E-state index in [0.29, 0.717) is 36.6 Å². The van der Waals surface area contributed by atoms with Gasteiger partial charge in [-0.25, -0.2) is 8.42 Å². The van der Waals surface area contributed by atoms with Gasteiger partial charge in [0.1, 0.15) is 5.76 Å². The molecule has 126 valence electrons. The van der Waals surface area contributed by atoms with Gasteiger partial charge >= 0.3 is 0 Å². The molecule has 5 nitrogen and oxygen atoms in total. The Morgan fingerprint density at radius 1 is 1.08 bits per heavy atom. The van der Waals surface area contributed by atoms with E-state index in [1.807, 2.05) is 0 Å². The molecule has 0 spiro atoms. The lowest BCUT2D eigenvalue weighted by Crippen LogP contribution is -2.41. The molecule has 6 heteroatoms. The minimum Gasteiger partial charge on any atom is -0.465 e. The Bertz CT molecular complexity index is 802. The summed E-state index contributed by atoms with van der Waals surface area (Å²) < 4.78 is 30.4. The molecule has 1 fully saturated rings. The van der Waals surface area contributed by atoms with Gasteiger partial charge in [0.05, 0.1) is 16.4 Å². The summed E-state index contributed by atoms with van der Waals surface area (Å²) in [5.41, 5.74) is 0. The molecular formula is C18H19NO4S. The van der Waals surface area contributed by atoms with Crippen molar-refractivity contribution in [3.63, 3.8) is 0 Å². The molecule has 0 bridgehead atoms. The number of carbonyl (C=O) groups is 1. The zero-order valence-corrected chi connectivity index (χ0v) is 14.0. The predicted octanol–water partition coefficient (Wildman–Crippen LogP) is 2.76. The summed E-state index contributed by atoms with van der Waals surface area (Å²) in [4.78, 5) is 14.2. The van der Waals surface area contributed by atoms with Crippen molar-refractivity contribution in [1.82, 2.24) is 4.90 Å². The van der Waals surface area contributed by atoms with E-state index >= 15 is 0 Å². The molecule has 24 heavy (non-hydrogen) atoms. The van der Waals surface area contributed by atoms with Crippen LogP contribution in [0, 0.1) is 0 Å². The summed E-state index contributed by atoms with van der Waals surface area (Å²) in [6.07, 6.45) is 5.54. The molecule has 1 aliphatic rings. The zero-order valence-electron chi connectivity index (χ0n) is 13.2. The van der Waals surface area contributed by atoms with Gasteiger partial charge in [-0.15, -0.1) is 0 Å². The molecule has 2 heterocycles. The summed E-state index contributed by atoms with van der Waals surface area (Å²) >= 11 is 0. The Morgan fingerprint density at radius 2 is 1.79 bits per heavy atom. The van der Waals surface area contributed by atoms with E-state index in [1.54, 1.807) is 59.7 Å². The Balaban J connectivity index is 1.60. The zero-order chi connectivity index (χ0) is 17.0. The molecule has 0 aliphatic carbocycles. The average molecular weight is 345 g/mol. The van der Waals surface area contributed by atoms with Crippen LogP contribution in [0.3, 0.4) is 0 Å². The van der Waals surface area contributed by atoms with Gasteiger partial charge in [-0.05, 0) is 43.2 Å². The maximum Gasteiger partial charge on any atom is 0.246 e. The van der Waals surface area contributed by atoms with Crippen molar-refractivity contribution >= 4 is 21.8 Å². The Kier molecular flexibility index (Phi) is 4.85. The molecule has 2 aromatic rings. The number of sulfone groups is 1. The Labute approximate surface area is 141 Å². The second-order valence-corrected chi connectivity index (χ2v) is 7.96. The summed E-state index contributed by atoms with van der Waals surface area (Å²) in [5.74, 6) is 0.492. The molecule has 1 saturated heterocycles. The second-order valence-electron chi connectivity index (χ2n) is 5.73. The van der Waals surface area contributed by atoms with Crippen molar-refractivity contribution in [1.29, 1.82) is 0 Å². The molecule has 0 unspecified atom stereocenters. The number of carbonyl (C=O) groups excluding carboxylic acids is 1. The van der Waals surface area contributed by atoms with E-state index in [0.717, 1.165) is 0 Å². The third-order valence-corrected chi connectivity index (χ3v) is 6.48. The highest BCUT2D eigenvalue weighted by Gasteiger charge is 2.32. The minimum atomic E-state index is -3.33. The fourth-order valence-corrected chi connectivity index (χ4v) is 4.59. The van der Waals surface area contributed by atoms with Gasteiger partial charge in [0.2, 0.25) is 5.91 Å². The van der Waals surface area contributed by atoms with E-state index < -0.39 is 15.1 Å². The molecule has 1 aromatic carbocycles. The van der Waals surface area contributed by atoms with E-state index in [-0.39, 0.29) is 5.91 Å². The molecule has 0 N–H and O–H groups in total. The van der Waals surface area contributed by atoms with Crippen LogP contribution in [-0.2, 0) is 14.6 Å². The van der Waals surface area contributed by atoms with E-state index in [2.05, 4.69) is 0 Å². The second kappa shape index (κ2) is 7.05. The lowest BCUT2D eigenvalue weighted by Gasteiger charge is -2.31. The van der Waals surface area contributed by atoms with Crippen LogP contribution in [-0.4, -0.2) is 37.6 Å². The fraction of sp³-hybridized carbons (Fsp3) is 0.278. The quantitative estimate of drug-likeness (QED) is 0.799. The van der Waals surface area contributed by atoms with Gasteiger partial charge in [0, 0.05) is 19.2 Å². The number of benzene rings is 1. The van der Waals surface area contributed by atoms with Crippen LogP contribution in [0.5, 0.6) is 0 Å². The van der Waals surface area contributed by atoms with Crippen molar-refractivity contribution in [2.45, 2.75) is 23.0 Å². The lowest BCUT2D eigenvalue weighted by molar-refractivity contribution is -0.126. The van der Waals surface area contributed by atoms with Crippen LogP contribution in [0.1, 0.15) is 18.6 Å². The highest BCUT2D eigenvalue weighted by atomic mass is 32.2. The predicted molar refractivity (Wildman–Crippen MR) is 91.0 cm³/mol. The third kappa shape index (κ3) is 3.59. The number of furan rings is 1. The van der Waals surface area contributed by atoms with E-state index in [9.17, 15) is 13.2 Å². The standard InChI is InChI=1S/C18H19NO4S/c20-18(9-8-15-5-4-14-23-15)19-12-10-17(11-13-19)24(21,22)16-6-2-1-3-7-16/h1-9,14,17H,10-13H2/b9-8+. The van der Waals surface area contributed by atoms with Gasteiger partial charge in [0.15, 0.2) is 9.84 Å². The van der Waals surface area contributed by atoms with Gasteiger partial charge in [-0.1, -0.05) is 18.2 Å². The number of piperidine rings is 1. The fourth-order valence-electron chi connectivity index (χ4n) is 2.83. The summed E-state index contributed by atoms with van der Waals surface area (Å²) in [6.45, 7) is 0.885. The molecule has 3 rings (SSSR count). The van der Waals surface area contributed by atoms with Gasteiger partial charge in [-0.2, -0.15) is 0 Å². The first kappa shape index (κ1) is 16.5. The molecule has 0 saturated carbocycles. The molecule has 1 aliphatic heterocycles. The number of likely N-dealkylation sites (tertiary alicyclic amines) is 1. The number of amides is 1. The monoisotopic (exact) mass is 345 g/mol. The van der Waals surface area contributed by atoms with E-state index in [1.165, 1.54) is 6.08 Å². The maximum absolute atomic E-state index is 12.6. The highest BCUT2D eigenvalue weighted by Crippen LogP contribution is 2.24. The third-order valence-electron chi connectivity index (χ3n) is 4.20. The maximum atomic E-state index is 12.6. The molecule has 1 amide bonds. The SMILES string of the molecule is O=C(/C=C/c1ccco1)N1CCC(S(=O)(=O)c2ccccc2)CC1. The number of nitrogens with zero attached hydrogens (tertiary/aromatic N) is 1. The Morgan fingerprint density at radius 3 is 2.42 bits per heavy atom. The van der Waals surface area contributed by atoms with Crippen molar-refractivity contribution in [2.75, 3.05) is 13.1 Å². The topological polar surface area (TPSA) is 67.6 Å². The van der Waals surface area contributed by atoms with Crippen molar-refractivity contribution in [3.8, 4) is 0 Å². The first-order chi connectivity index (χ1) is 11.6. The minimum absolute atomic E-state index is 0.123. The van der Waals surface area contributed by atoms with Crippen LogP contribution in [0.25, 0.3) is 6.08 Å². The summed E-state index contributed by atoms with van der Waals surface area (Å²) in [7, 11) is -3.33. The molecule has 0 radical (unpaired) electrons. The molecule has 1 aromatic heterocycles. The smallest absolute Gasteiger partial charge is 0.246 e. The van der Waals surface area contributed by atoms with Crippen molar-refractivity contribution < 1.29 is 17.6 Å². The Hall–Kier alpha value is -2.34. The lowest BCUT2D eigenvalue weighted by atomic mass is 10.1. The highest BCUT2D eigenvalue weighted by molar-refractivity contribution is 7.92. The van der Waals surface area contributed by atoms with Crippen LogP contribution in [0.4, 0.5) is 0 Å². The number of hydrogen-bond acceptors (Lipinski definition) is 4. The van der Waals surface area contributed by atoms with Gasteiger partial charge in [0.25, 0.3) is 0 Å². The van der Waals surface area contributed by atoms with Crippen LogP contribution in [0.2, 0.25) is 0 Å². The number of rotatable bonds is 4. The normalized spacial score (nSPS) is 16.6. The first-order valence-corrected chi connectivity index (χ1v) is 9.41. The van der Waals surface area contributed by atoms with Crippen LogP contribution >= 0.6 is 0 Å². The molecule has 0 atom stereocenters. The van der Waals surface area contributed by atoms with Gasteiger partial charge in [-0.3, -0.25) is 4.79 Å². The van der Waals surface area contributed by atoms with Crippen LogP contribution < -0.4 is 0 Å². The average Bonchev–Trinajstić information content (AvgIpc) is 3.14. The van der Waals surface area contributed by atoms with E-state index in [4.69, 9.17) is 4.42 Å². The summed E-state index contributed by atoms with van der Waals surface area (Å²) in [5, 5.41) is -0.432. The first-order valence-electron chi connectivity index (χ1n) is 7.87. The number of hydrogen-bond donors (Lipinski definition) is 0. The van der Waals surface area contributed by atoms with Crippen LogP contribution in [0.15, 0.2) is 64.1 Å². The largest absolute Gasteiger partial charge is 0.465 e.